The molecule has 1 fully saturated rings. The highest BCUT2D eigenvalue weighted by atomic mass is 32.2. The molecule has 1 aliphatic rings. The van der Waals surface area contributed by atoms with E-state index in [1.54, 1.807) is 16.4 Å². The molecular formula is C16H26N2O2S. The maximum atomic E-state index is 12.8. The largest absolute Gasteiger partial charge is 0.313 e. The minimum Gasteiger partial charge on any atom is -0.313 e. The summed E-state index contributed by atoms with van der Waals surface area (Å²) in [6, 6.07) is 7.43. The lowest BCUT2D eigenvalue weighted by Gasteiger charge is -2.37. The summed E-state index contributed by atoms with van der Waals surface area (Å²) in [4.78, 5) is 0.399. The predicted octanol–water partition coefficient (Wildman–Crippen LogP) is 2.36. The molecule has 2 rings (SSSR count). The van der Waals surface area contributed by atoms with E-state index in [1.165, 1.54) is 0 Å². The van der Waals surface area contributed by atoms with Crippen LogP contribution in [0.3, 0.4) is 0 Å². The molecule has 21 heavy (non-hydrogen) atoms. The van der Waals surface area contributed by atoms with Crippen LogP contribution in [0.5, 0.6) is 0 Å². The van der Waals surface area contributed by atoms with Gasteiger partial charge in [0.15, 0.2) is 0 Å². The van der Waals surface area contributed by atoms with Gasteiger partial charge in [-0.25, -0.2) is 8.42 Å². The number of hydrogen-bond acceptors (Lipinski definition) is 3. The monoisotopic (exact) mass is 310 g/mol. The van der Waals surface area contributed by atoms with Gasteiger partial charge in [0.25, 0.3) is 0 Å². The first-order chi connectivity index (χ1) is 9.76. The van der Waals surface area contributed by atoms with Gasteiger partial charge in [-0.2, -0.15) is 4.31 Å². The number of nitrogens with zero attached hydrogens (tertiary/aromatic N) is 1. The van der Waals surface area contributed by atoms with Gasteiger partial charge in [-0.1, -0.05) is 39.8 Å². The maximum Gasteiger partial charge on any atom is 0.243 e. The molecule has 4 nitrogen and oxygen atoms in total. The van der Waals surface area contributed by atoms with E-state index in [9.17, 15) is 8.42 Å². The van der Waals surface area contributed by atoms with Gasteiger partial charge in [-0.3, -0.25) is 0 Å². The van der Waals surface area contributed by atoms with E-state index in [0.29, 0.717) is 11.4 Å². The molecule has 118 valence electrons. The highest BCUT2D eigenvalue weighted by molar-refractivity contribution is 7.89. The lowest BCUT2D eigenvalue weighted by atomic mass is 9.87. The second kappa shape index (κ2) is 6.07. The van der Waals surface area contributed by atoms with Crippen molar-refractivity contribution in [3.8, 4) is 0 Å². The Labute approximate surface area is 128 Å². The summed E-state index contributed by atoms with van der Waals surface area (Å²) in [7, 11) is -3.39. The standard InChI is InChI=1S/C16H26N2O2S/c1-5-10-18(14-11-17-12-14)21(19,20)15-8-6-13(7-9-15)16(2,3)4/h6-9,14,17H,5,10-12H2,1-4H3. The molecule has 0 aromatic heterocycles. The Bertz CT molecular complexity index is 569. The van der Waals surface area contributed by atoms with Gasteiger partial charge in [0, 0.05) is 19.6 Å². The fraction of sp³-hybridized carbons (Fsp3) is 0.625. The first kappa shape index (κ1) is 16.5. The molecule has 1 aromatic carbocycles. The third-order valence-electron chi connectivity index (χ3n) is 3.94. The molecule has 0 aliphatic carbocycles. The Hall–Kier alpha value is -0.910. The van der Waals surface area contributed by atoms with E-state index in [2.05, 4.69) is 26.1 Å². The minimum atomic E-state index is -3.39. The minimum absolute atomic E-state index is 0.0310. The molecule has 0 unspecified atom stereocenters. The van der Waals surface area contributed by atoms with Crippen LogP contribution in [0.2, 0.25) is 0 Å². The summed E-state index contributed by atoms with van der Waals surface area (Å²) in [5.41, 5.74) is 1.18. The first-order valence-corrected chi connectivity index (χ1v) is 9.04. The molecule has 0 atom stereocenters. The van der Waals surface area contributed by atoms with Crippen molar-refractivity contribution in [1.82, 2.24) is 9.62 Å². The van der Waals surface area contributed by atoms with E-state index in [0.717, 1.165) is 25.1 Å². The first-order valence-electron chi connectivity index (χ1n) is 7.60. The van der Waals surface area contributed by atoms with Crippen LogP contribution in [-0.4, -0.2) is 38.4 Å². The highest BCUT2D eigenvalue weighted by Gasteiger charge is 2.34. The van der Waals surface area contributed by atoms with Gasteiger partial charge >= 0.3 is 0 Å². The second-order valence-corrected chi connectivity index (χ2v) is 8.59. The molecule has 0 radical (unpaired) electrons. The molecule has 1 N–H and O–H groups in total. The van der Waals surface area contributed by atoms with Crippen molar-refractivity contribution in [3.63, 3.8) is 0 Å². The summed E-state index contributed by atoms with van der Waals surface area (Å²) >= 11 is 0. The van der Waals surface area contributed by atoms with Crippen molar-refractivity contribution >= 4 is 10.0 Å². The van der Waals surface area contributed by atoms with Crippen LogP contribution in [0.4, 0.5) is 0 Å². The van der Waals surface area contributed by atoms with E-state index in [4.69, 9.17) is 0 Å². The van der Waals surface area contributed by atoms with Crippen LogP contribution in [0.25, 0.3) is 0 Å². The van der Waals surface area contributed by atoms with Gasteiger partial charge in [0.05, 0.1) is 10.9 Å². The molecule has 0 bridgehead atoms. The average Bonchev–Trinajstić information content (AvgIpc) is 2.35. The van der Waals surface area contributed by atoms with Crippen LogP contribution < -0.4 is 5.32 Å². The fourth-order valence-electron chi connectivity index (χ4n) is 2.46. The zero-order chi connectivity index (χ0) is 15.7. The smallest absolute Gasteiger partial charge is 0.243 e. The quantitative estimate of drug-likeness (QED) is 0.908. The van der Waals surface area contributed by atoms with Gasteiger partial charge in [-0.05, 0) is 29.5 Å². The van der Waals surface area contributed by atoms with Crippen molar-refractivity contribution in [1.29, 1.82) is 0 Å². The summed E-state index contributed by atoms with van der Waals surface area (Å²) in [6.07, 6.45) is 0.829. The highest BCUT2D eigenvalue weighted by Crippen LogP contribution is 2.26. The molecule has 0 saturated carbocycles. The van der Waals surface area contributed by atoms with Crippen LogP contribution in [-0.2, 0) is 15.4 Å². The van der Waals surface area contributed by atoms with Crippen molar-refractivity contribution in [3.05, 3.63) is 29.8 Å². The summed E-state index contributed by atoms with van der Waals surface area (Å²) in [6.45, 7) is 10.5. The Kier molecular flexibility index (Phi) is 4.76. The molecule has 0 spiro atoms. The van der Waals surface area contributed by atoms with Crippen LogP contribution in [0, 0.1) is 0 Å². The lowest BCUT2D eigenvalue weighted by Crippen LogP contribution is -2.58. The number of sulfonamides is 1. The molecule has 1 saturated heterocycles. The topological polar surface area (TPSA) is 49.4 Å². The van der Waals surface area contributed by atoms with E-state index in [-0.39, 0.29) is 11.5 Å². The van der Waals surface area contributed by atoms with Gasteiger partial charge in [0.2, 0.25) is 10.0 Å². The van der Waals surface area contributed by atoms with Crippen molar-refractivity contribution < 1.29 is 8.42 Å². The normalized spacial score (nSPS) is 17.0. The van der Waals surface area contributed by atoms with Crippen molar-refractivity contribution in [2.45, 2.75) is 50.5 Å². The average molecular weight is 310 g/mol. The summed E-state index contributed by atoms with van der Waals surface area (Å²) < 4.78 is 27.3. The molecule has 1 aromatic rings. The van der Waals surface area contributed by atoms with E-state index in [1.807, 2.05) is 19.1 Å². The Morgan fingerprint density at radius 2 is 1.76 bits per heavy atom. The SMILES string of the molecule is CCCN(C1CNC1)S(=O)(=O)c1ccc(C(C)(C)C)cc1. The van der Waals surface area contributed by atoms with Crippen LogP contribution >= 0.6 is 0 Å². The molecule has 1 heterocycles. The number of rotatable bonds is 5. The second-order valence-electron chi connectivity index (χ2n) is 6.70. The molecular weight excluding hydrogens is 284 g/mol. The zero-order valence-corrected chi connectivity index (χ0v) is 14.2. The van der Waals surface area contributed by atoms with E-state index >= 15 is 0 Å². The number of benzene rings is 1. The Morgan fingerprint density at radius 3 is 2.14 bits per heavy atom. The molecule has 1 aliphatic heterocycles. The van der Waals surface area contributed by atoms with Gasteiger partial charge in [-0.15, -0.1) is 0 Å². The molecule has 0 amide bonds. The Balaban J connectivity index is 2.29. The van der Waals surface area contributed by atoms with Gasteiger partial charge < -0.3 is 5.32 Å². The lowest BCUT2D eigenvalue weighted by molar-refractivity contribution is 0.242. The summed E-state index contributed by atoms with van der Waals surface area (Å²) in [5.74, 6) is 0. The summed E-state index contributed by atoms with van der Waals surface area (Å²) in [5, 5.41) is 3.15. The zero-order valence-electron chi connectivity index (χ0n) is 13.4. The molecule has 5 heteroatoms. The van der Waals surface area contributed by atoms with Crippen molar-refractivity contribution in [2.75, 3.05) is 19.6 Å². The maximum absolute atomic E-state index is 12.8. The third kappa shape index (κ3) is 3.47. The number of hydrogen-bond donors (Lipinski definition) is 1. The van der Waals surface area contributed by atoms with Crippen LogP contribution in [0.15, 0.2) is 29.2 Å². The third-order valence-corrected chi connectivity index (χ3v) is 5.90. The van der Waals surface area contributed by atoms with E-state index < -0.39 is 10.0 Å². The number of nitrogens with one attached hydrogen (secondary N) is 1. The predicted molar refractivity (Wildman–Crippen MR) is 86.0 cm³/mol. The van der Waals surface area contributed by atoms with Crippen molar-refractivity contribution in [2.24, 2.45) is 0 Å². The van der Waals surface area contributed by atoms with Gasteiger partial charge in [0.1, 0.15) is 0 Å². The fourth-order valence-corrected chi connectivity index (χ4v) is 4.17. The Morgan fingerprint density at radius 1 is 1.19 bits per heavy atom. The van der Waals surface area contributed by atoms with Crippen LogP contribution in [0.1, 0.15) is 39.7 Å².